The molecule has 110 valence electrons. The van der Waals surface area contributed by atoms with Gasteiger partial charge in [-0.15, -0.1) is 0 Å². The summed E-state index contributed by atoms with van der Waals surface area (Å²) in [6, 6.07) is 5.48. The molecule has 0 spiro atoms. The lowest BCUT2D eigenvalue weighted by Gasteiger charge is -2.09. The summed E-state index contributed by atoms with van der Waals surface area (Å²) < 4.78 is 26.8. The Balaban J connectivity index is 2.25. The monoisotopic (exact) mass is 314 g/mol. The lowest BCUT2D eigenvalue weighted by molar-refractivity contribution is -0.387. The lowest BCUT2D eigenvalue weighted by Crippen LogP contribution is -2.04. The molecule has 0 heterocycles. The number of nitrogens with zero attached hydrogens (tertiary/aromatic N) is 1. The molecule has 2 rings (SSSR count). The Morgan fingerprint density at radius 2 is 1.95 bits per heavy atom. The van der Waals surface area contributed by atoms with Crippen molar-refractivity contribution >= 4 is 23.0 Å². The van der Waals surface area contributed by atoms with Crippen LogP contribution in [0.25, 0.3) is 0 Å². The van der Waals surface area contributed by atoms with Crippen LogP contribution < -0.4 is 5.32 Å². The average molecular weight is 315 g/mol. The van der Waals surface area contributed by atoms with Crippen LogP contribution in [0.4, 0.5) is 20.2 Å². The van der Waals surface area contributed by atoms with Crippen LogP contribution in [0, 0.1) is 21.7 Å². The van der Waals surface area contributed by atoms with E-state index in [1.807, 2.05) is 0 Å². The number of phenolic OH excluding ortho intramolecular Hbond substituents is 1. The van der Waals surface area contributed by atoms with E-state index in [0.29, 0.717) is 16.7 Å². The van der Waals surface area contributed by atoms with E-state index in [1.54, 1.807) is 0 Å². The van der Waals surface area contributed by atoms with Crippen LogP contribution in [0.15, 0.2) is 30.3 Å². The number of benzene rings is 2. The van der Waals surface area contributed by atoms with Gasteiger partial charge in [0.1, 0.15) is 11.6 Å². The molecule has 5 nitrogen and oxygen atoms in total. The van der Waals surface area contributed by atoms with Crippen LogP contribution in [-0.4, -0.2) is 10.0 Å². The van der Waals surface area contributed by atoms with E-state index in [-0.39, 0.29) is 18.0 Å². The molecule has 0 radical (unpaired) electrons. The van der Waals surface area contributed by atoms with E-state index in [2.05, 4.69) is 5.32 Å². The smallest absolute Gasteiger partial charge is 0.307 e. The largest absolute Gasteiger partial charge is 0.508 e. The highest BCUT2D eigenvalue weighted by molar-refractivity contribution is 6.30. The predicted octanol–water partition coefficient (Wildman–Crippen LogP) is 3.84. The number of nitrogens with one attached hydrogen (secondary N) is 1. The number of rotatable bonds is 4. The van der Waals surface area contributed by atoms with Gasteiger partial charge >= 0.3 is 5.69 Å². The third-order valence-electron chi connectivity index (χ3n) is 2.74. The Bertz CT molecular complexity index is 710. The summed E-state index contributed by atoms with van der Waals surface area (Å²) in [4.78, 5) is 9.67. The summed E-state index contributed by atoms with van der Waals surface area (Å²) in [6.45, 7) is -0.0356. The Morgan fingerprint density at radius 1 is 1.24 bits per heavy atom. The minimum absolute atomic E-state index is 0.0356. The van der Waals surface area contributed by atoms with Gasteiger partial charge in [0.25, 0.3) is 0 Å². The van der Waals surface area contributed by atoms with Crippen molar-refractivity contribution in [1.29, 1.82) is 0 Å². The van der Waals surface area contributed by atoms with Crippen molar-refractivity contribution in [2.24, 2.45) is 0 Å². The lowest BCUT2D eigenvalue weighted by atomic mass is 10.2. The van der Waals surface area contributed by atoms with Gasteiger partial charge in [-0.2, -0.15) is 4.39 Å². The molecule has 21 heavy (non-hydrogen) atoms. The van der Waals surface area contributed by atoms with Crippen molar-refractivity contribution < 1.29 is 18.8 Å². The summed E-state index contributed by atoms with van der Waals surface area (Å²) in [5.41, 5.74) is -0.717. The summed E-state index contributed by atoms with van der Waals surface area (Å²) >= 11 is 5.77. The van der Waals surface area contributed by atoms with Crippen molar-refractivity contribution in [1.82, 2.24) is 0 Å². The van der Waals surface area contributed by atoms with Gasteiger partial charge in [-0.3, -0.25) is 10.1 Å². The molecule has 0 saturated heterocycles. The molecule has 8 heteroatoms. The molecule has 0 unspecified atom stereocenters. The molecule has 0 saturated carbocycles. The summed E-state index contributed by atoms with van der Waals surface area (Å²) in [5, 5.41) is 23.2. The second kappa shape index (κ2) is 5.92. The quantitative estimate of drug-likeness (QED) is 0.664. The Hall–Kier alpha value is -2.41. The van der Waals surface area contributed by atoms with Crippen LogP contribution in [0.1, 0.15) is 5.56 Å². The molecule has 0 aliphatic heterocycles. The van der Waals surface area contributed by atoms with Crippen molar-refractivity contribution in [3.63, 3.8) is 0 Å². The Morgan fingerprint density at radius 3 is 2.62 bits per heavy atom. The van der Waals surface area contributed by atoms with Crippen LogP contribution in [-0.2, 0) is 6.54 Å². The number of nitro groups is 1. The number of phenols is 1. The zero-order valence-corrected chi connectivity index (χ0v) is 11.2. The van der Waals surface area contributed by atoms with Gasteiger partial charge in [-0.05, 0) is 18.2 Å². The molecular formula is C13H9ClF2N2O3. The van der Waals surface area contributed by atoms with Crippen molar-refractivity contribution in [2.75, 3.05) is 5.32 Å². The van der Waals surface area contributed by atoms with Crippen LogP contribution in [0.5, 0.6) is 5.75 Å². The van der Waals surface area contributed by atoms with Gasteiger partial charge in [-0.1, -0.05) is 11.6 Å². The summed E-state index contributed by atoms with van der Waals surface area (Å²) in [5.74, 6) is -2.29. The summed E-state index contributed by atoms with van der Waals surface area (Å²) in [7, 11) is 0. The minimum Gasteiger partial charge on any atom is -0.508 e. The molecular weight excluding hydrogens is 306 g/mol. The highest BCUT2D eigenvalue weighted by Crippen LogP contribution is 2.27. The number of halogens is 3. The van der Waals surface area contributed by atoms with Gasteiger partial charge in [0.15, 0.2) is 0 Å². The molecule has 0 bridgehead atoms. The number of nitro benzene ring substituents is 1. The standard InChI is InChI=1S/C13H9ClF2N2O3/c14-8-1-2-13(19)7(3-8)6-17-11-5-12(18(20)21)10(16)4-9(11)15/h1-5,17,19H,6H2. The van der Waals surface area contributed by atoms with E-state index < -0.39 is 22.2 Å². The third-order valence-corrected chi connectivity index (χ3v) is 2.98. The normalized spacial score (nSPS) is 10.4. The first-order valence-corrected chi connectivity index (χ1v) is 6.11. The molecule has 2 aromatic rings. The number of anilines is 1. The van der Waals surface area contributed by atoms with Crippen molar-refractivity contribution in [3.05, 3.63) is 62.7 Å². The fraction of sp³-hybridized carbons (Fsp3) is 0.0769. The van der Waals surface area contributed by atoms with E-state index in [0.717, 1.165) is 6.07 Å². The topological polar surface area (TPSA) is 75.4 Å². The van der Waals surface area contributed by atoms with Gasteiger partial charge in [0.2, 0.25) is 5.82 Å². The first-order chi connectivity index (χ1) is 9.88. The molecule has 0 aliphatic carbocycles. The SMILES string of the molecule is O=[N+]([O-])c1cc(NCc2cc(Cl)ccc2O)c(F)cc1F. The van der Waals surface area contributed by atoms with E-state index >= 15 is 0 Å². The average Bonchev–Trinajstić information content (AvgIpc) is 2.41. The van der Waals surface area contributed by atoms with Gasteiger partial charge < -0.3 is 10.4 Å². The second-order valence-electron chi connectivity index (χ2n) is 4.17. The van der Waals surface area contributed by atoms with Crippen LogP contribution in [0.2, 0.25) is 5.02 Å². The maximum absolute atomic E-state index is 13.6. The van der Waals surface area contributed by atoms with Crippen LogP contribution in [0.3, 0.4) is 0 Å². The molecule has 0 aliphatic rings. The van der Waals surface area contributed by atoms with Crippen molar-refractivity contribution in [3.8, 4) is 5.75 Å². The first-order valence-electron chi connectivity index (χ1n) is 5.73. The van der Waals surface area contributed by atoms with E-state index in [1.165, 1.54) is 18.2 Å². The second-order valence-corrected chi connectivity index (χ2v) is 4.60. The molecule has 0 aromatic heterocycles. The Labute approximate surface area is 122 Å². The highest BCUT2D eigenvalue weighted by Gasteiger charge is 2.18. The van der Waals surface area contributed by atoms with E-state index in [9.17, 15) is 24.0 Å². The van der Waals surface area contributed by atoms with E-state index in [4.69, 9.17) is 11.6 Å². The molecule has 2 N–H and O–H groups in total. The maximum Gasteiger partial charge on any atom is 0.307 e. The highest BCUT2D eigenvalue weighted by atomic mass is 35.5. The molecule has 0 fully saturated rings. The molecule has 0 atom stereocenters. The molecule has 2 aromatic carbocycles. The molecule has 0 amide bonds. The maximum atomic E-state index is 13.6. The Kier molecular flexibility index (Phi) is 4.23. The number of hydrogen-bond donors (Lipinski definition) is 2. The first kappa shape index (κ1) is 15.0. The zero-order valence-electron chi connectivity index (χ0n) is 10.4. The fourth-order valence-corrected chi connectivity index (χ4v) is 1.89. The fourth-order valence-electron chi connectivity index (χ4n) is 1.70. The summed E-state index contributed by atoms with van der Waals surface area (Å²) in [6.07, 6.45) is 0. The van der Waals surface area contributed by atoms with Crippen LogP contribution >= 0.6 is 11.6 Å². The van der Waals surface area contributed by atoms with Crippen molar-refractivity contribution in [2.45, 2.75) is 6.54 Å². The van der Waals surface area contributed by atoms with Gasteiger partial charge in [0, 0.05) is 29.3 Å². The number of hydrogen-bond acceptors (Lipinski definition) is 4. The van der Waals surface area contributed by atoms with Gasteiger partial charge in [-0.25, -0.2) is 4.39 Å². The predicted molar refractivity (Wildman–Crippen MR) is 73.5 cm³/mol. The number of aromatic hydroxyl groups is 1. The third kappa shape index (κ3) is 3.38. The van der Waals surface area contributed by atoms with Gasteiger partial charge in [0.05, 0.1) is 10.6 Å². The zero-order chi connectivity index (χ0) is 15.6. The minimum atomic E-state index is -1.26.